The Morgan fingerprint density at radius 1 is 1.37 bits per heavy atom. The lowest BCUT2D eigenvalue weighted by atomic mass is 10.4. The number of hydrogen-bond acceptors (Lipinski definition) is 6. The molecule has 2 aromatic rings. The van der Waals surface area contributed by atoms with Gasteiger partial charge in [0.05, 0.1) is 5.69 Å². The van der Waals surface area contributed by atoms with Crippen molar-refractivity contribution in [3.63, 3.8) is 0 Å². The minimum absolute atomic E-state index is 0.232. The summed E-state index contributed by atoms with van der Waals surface area (Å²) in [6, 6.07) is 6.88. The molecule has 0 spiro atoms. The van der Waals surface area contributed by atoms with Crippen molar-refractivity contribution in [2.45, 2.75) is 17.0 Å². The number of carbonyl (C=O) groups excluding carboxylic acids is 1. The van der Waals surface area contributed by atoms with Crippen LogP contribution in [0.25, 0.3) is 0 Å². The van der Waals surface area contributed by atoms with Crippen molar-refractivity contribution in [2.75, 3.05) is 12.3 Å². The second-order valence-electron chi connectivity index (χ2n) is 3.62. The number of aromatic nitrogens is 3. The van der Waals surface area contributed by atoms with E-state index in [4.69, 9.17) is 5.73 Å². The Morgan fingerprint density at radius 2 is 2.21 bits per heavy atom. The number of carbonyl (C=O) groups is 1. The van der Waals surface area contributed by atoms with Crippen LogP contribution in [0.15, 0.2) is 40.5 Å². The van der Waals surface area contributed by atoms with Gasteiger partial charge in [-0.2, -0.15) is 0 Å². The lowest BCUT2D eigenvalue weighted by molar-refractivity contribution is 0.0949. The minimum atomic E-state index is -0.232. The third-order valence-corrected chi connectivity index (χ3v) is 3.17. The summed E-state index contributed by atoms with van der Waals surface area (Å²) in [5.74, 6) is -0.232. The molecule has 0 unspecified atom stereocenters. The molecule has 0 bridgehead atoms. The molecular formula is C12H13N5OS. The maximum absolute atomic E-state index is 11.5. The molecular weight excluding hydrogens is 262 g/mol. The average molecular weight is 275 g/mol. The molecule has 1 amide bonds. The number of pyridine rings is 1. The summed E-state index contributed by atoms with van der Waals surface area (Å²) in [4.78, 5) is 15.7. The highest BCUT2D eigenvalue weighted by atomic mass is 32.2. The van der Waals surface area contributed by atoms with Crippen LogP contribution in [-0.4, -0.2) is 27.6 Å². The van der Waals surface area contributed by atoms with Crippen LogP contribution >= 0.6 is 11.8 Å². The van der Waals surface area contributed by atoms with Crippen molar-refractivity contribution >= 4 is 23.4 Å². The molecule has 3 N–H and O–H groups in total. The molecule has 0 saturated carbocycles. The van der Waals surface area contributed by atoms with Crippen molar-refractivity contribution in [3.8, 4) is 0 Å². The molecule has 0 atom stereocenters. The second-order valence-corrected chi connectivity index (χ2v) is 4.63. The molecule has 2 heterocycles. The summed E-state index contributed by atoms with van der Waals surface area (Å²) in [5, 5.41) is 11.8. The van der Waals surface area contributed by atoms with Gasteiger partial charge in [0.2, 0.25) is 0 Å². The number of nitrogens with zero attached hydrogens (tertiary/aromatic N) is 3. The van der Waals surface area contributed by atoms with Gasteiger partial charge in [0.25, 0.3) is 5.91 Å². The standard InChI is InChI=1S/C12H13N5OS/c1-2-14-11(18)9-5-6-10(17-16-9)19-12-8(13)4-3-7-15-12/h3-7H,2,13H2,1H3,(H,14,18). The molecule has 2 rings (SSSR count). The van der Waals surface area contributed by atoms with Gasteiger partial charge in [-0.1, -0.05) is 0 Å². The summed E-state index contributed by atoms with van der Waals surface area (Å²) in [7, 11) is 0. The van der Waals surface area contributed by atoms with Gasteiger partial charge >= 0.3 is 0 Å². The molecule has 7 heteroatoms. The molecule has 19 heavy (non-hydrogen) atoms. The van der Waals surface area contributed by atoms with Crippen LogP contribution in [0.2, 0.25) is 0 Å². The molecule has 0 aromatic carbocycles. The predicted molar refractivity (Wildman–Crippen MR) is 72.8 cm³/mol. The summed E-state index contributed by atoms with van der Waals surface area (Å²) in [6.07, 6.45) is 1.66. The zero-order chi connectivity index (χ0) is 13.7. The fraction of sp³-hybridized carbons (Fsp3) is 0.167. The zero-order valence-electron chi connectivity index (χ0n) is 10.3. The Hall–Kier alpha value is -2.15. The van der Waals surface area contributed by atoms with Gasteiger partial charge in [-0.25, -0.2) is 4.98 Å². The van der Waals surface area contributed by atoms with E-state index in [1.165, 1.54) is 11.8 Å². The lowest BCUT2D eigenvalue weighted by Crippen LogP contribution is -2.23. The highest BCUT2D eigenvalue weighted by Crippen LogP contribution is 2.27. The number of rotatable bonds is 4. The van der Waals surface area contributed by atoms with E-state index in [1.807, 2.05) is 6.92 Å². The van der Waals surface area contributed by atoms with Gasteiger partial charge in [0.1, 0.15) is 10.1 Å². The third-order valence-electron chi connectivity index (χ3n) is 2.21. The number of nitrogens with two attached hydrogens (primary N) is 1. The normalized spacial score (nSPS) is 10.2. The van der Waals surface area contributed by atoms with E-state index in [-0.39, 0.29) is 5.91 Å². The Kier molecular flexibility index (Phi) is 4.30. The monoisotopic (exact) mass is 275 g/mol. The molecule has 0 fully saturated rings. The SMILES string of the molecule is CCNC(=O)c1ccc(Sc2ncccc2N)nn1. The number of hydrogen-bond donors (Lipinski definition) is 2. The molecule has 0 radical (unpaired) electrons. The topological polar surface area (TPSA) is 93.8 Å². The minimum Gasteiger partial charge on any atom is -0.397 e. The molecule has 0 saturated heterocycles. The van der Waals surface area contributed by atoms with Crippen LogP contribution in [0.1, 0.15) is 17.4 Å². The van der Waals surface area contributed by atoms with E-state index in [9.17, 15) is 4.79 Å². The highest BCUT2D eigenvalue weighted by Gasteiger charge is 2.08. The van der Waals surface area contributed by atoms with Gasteiger partial charge in [-0.15, -0.1) is 10.2 Å². The van der Waals surface area contributed by atoms with Gasteiger partial charge in [0, 0.05) is 12.7 Å². The van der Waals surface area contributed by atoms with Crippen molar-refractivity contribution in [3.05, 3.63) is 36.2 Å². The molecule has 0 aliphatic rings. The quantitative estimate of drug-likeness (QED) is 0.875. The predicted octanol–water partition coefficient (Wildman–Crippen LogP) is 1.35. The number of nitrogens with one attached hydrogen (secondary N) is 1. The molecule has 98 valence electrons. The van der Waals surface area contributed by atoms with E-state index < -0.39 is 0 Å². The molecule has 0 aliphatic heterocycles. The fourth-order valence-electron chi connectivity index (χ4n) is 1.33. The molecule has 6 nitrogen and oxygen atoms in total. The summed E-state index contributed by atoms with van der Waals surface area (Å²) in [5.41, 5.74) is 6.67. The van der Waals surface area contributed by atoms with E-state index in [0.29, 0.717) is 28.0 Å². The van der Waals surface area contributed by atoms with Crippen LogP contribution < -0.4 is 11.1 Å². The number of anilines is 1. The fourth-order valence-corrected chi connectivity index (χ4v) is 2.05. The van der Waals surface area contributed by atoms with Crippen molar-refractivity contribution < 1.29 is 4.79 Å². The summed E-state index contributed by atoms with van der Waals surface area (Å²) in [6.45, 7) is 2.40. The number of nitrogen functional groups attached to an aromatic ring is 1. The number of amides is 1. The highest BCUT2D eigenvalue weighted by molar-refractivity contribution is 7.99. The average Bonchev–Trinajstić information content (AvgIpc) is 2.42. The van der Waals surface area contributed by atoms with Gasteiger partial charge in [0.15, 0.2) is 5.69 Å². The molecule has 0 aliphatic carbocycles. The summed E-state index contributed by atoms with van der Waals surface area (Å²) < 4.78 is 0. The third kappa shape index (κ3) is 3.41. The van der Waals surface area contributed by atoms with Crippen molar-refractivity contribution in [1.29, 1.82) is 0 Å². The van der Waals surface area contributed by atoms with E-state index in [1.54, 1.807) is 30.5 Å². The van der Waals surface area contributed by atoms with Crippen LogP contribution in [-0.2, 0) is 0 Å². The summed E-state index contributed by atoms with van der Waals surface area (Å²) >= 11 is 1.31. The van der Waals surface area contributed by atoms with Gasteiger partial charge < -0.3 is 11.1 Å². The molecule has 2 aromatic heterocycles. The smallest absolute Gasteiger partial charge is 0.271 e. The largest absolute Gasteiger partial charge is 0.397 e. The van der Waals surface area contributed by atoms with E-state index in [2.05, 4.69) is 20.5 Å². The van der Waals surface area contributed by atoms with Crippen molar-refractivity contribution in [1.82, 2.24) is 20.5 Å². The van der Waals surface area contributed by atoms with Gasteiger partial charge in [-0.3, -0.25) is 4.79 Å². The second kappa shape index (κ2) is 6.14. The first-order chi connectivity index (χ1) is 9.20. The van der Waals surface area contributed by atoms with Crippen LogP contribution in [0.3, 0.4) is 0 Å². The van der Waals surface area contributed by atoms with Gasteiger partial charge in [-0.05, 0) is 43.0 Å². The zero-order valence-corrected chi connectivity index (χ0v) is 11.1. The Labute approximate surface area is 114 Å². The van der Waals surface area contributed by atoms with Crippen LogP contribution in [0.5, 0.6) is 0 Å². The maximum atomic E-state index is 11.5. The first-order valence-corrected chi connectivity index (χ1v) is 6.52. The van der Waals surface area contributed by atoms with Crippen LogP contribution in [0.4, 0.5) is 5.69 Å². The Bertz CT molecular complexity index is 573. The first-order valence-electron chi connectivity index (χ1n) is 5.71. The Balaban J connectivity index is 2.11. The van der Waals surface area contributed by atoms with E-state index in [0.717, 1.165) is 0 Å². The lowest BCUT2D eigenvalue weighted by Gasteiger charge is -2.03. The van der Waals surface area contributed by atoms with Crippen molar-refractivity contribution in [2.24, 2.45) is 0 Å². The Morgan fingerprint density at radius 3 is 2.84 bits per heavy atom. The van der Waals surface area contributed by atoms with E-state index >= 15 is 0 Å². The van der Waals surface area contributed by atoms with Crippen LogP contribution in [0, 0.1) is 0 Å². The maximum Gasteiger partial charge on any atom is 0.271 e. The first kappa shape index (κ1) is 13.3.